The maximum atomic E-state index is 10.7. The Morgan fingerprint density at radius 3 is 2.58 bits per heavy atom. The topological polar surface area (TPSA) is 74.6 Å². The number of aromatic carboxylic acids is 1. The summed E-state index contributed by atoms with van der Waals surface area (Å²) in [5.74, 6) is -0.938. The Morgan fingerprint density at radius 1 is 1.37 bits per heavy atom. The highest BCUT2D eigenvalue weighted by Gasteiger charge is 2.05. The lowest BCUT2D eigenvalue weighted by Gasteiger charge is -2.03. The Kier molecular flexibility index (Phi) is 3.91. The molecule has 1 heterocycles. The minimum atomic E-state index is -0.938. The van der Waals surface area contributed by atoms with Gasteiger partial charge in [0.2, 0.25) is 0 Å². The summed E-state index contributed by atoms with van der Waals surface area (Å²) in [6.45, 7) is 3.84. The highest BCUT2D eigenvalue weighted by Crippen LogP contribution is 2.14. The van der Waals surface area contributed by atoms with Crippen LogP contribution < -0.4 is 5.43 Å². The third-order valence-electron chi connectivity index (χ3n) is 2.56. The molecule has 2 aromatic rings. The smallest absolute Gasteiger partial charge is 0.335 e. The highest BCUT2D eigenvalue weighted by atomic mass is 32.1. The van der Waals surface area contributed by atoms with E-state index in [1.165, 1.54) is 23.5 Å². The average molecular weight is 275 g/mol. The number of nitrogens with zero attached hydrogens (tertiary/aromatic N) is 2. The van der Waals surface area contributed by atoms with Crippen LogP contribution in [0.2, 0.25) is 0 Å². The van der Waals surface area contributed by atoms with Crippen molar-refractivity contribution >= 4 is 28.7 Å². The van der Waals surface area contributed by atoms with Crippen LogP contribution in [0, 0.1) is 6.92 Å². The third-order valence-corrected chi connectivity index (χ3v) is 3.60. The van der Waals surface area contributed by atoms with E-state index in [1.54, 1.807) is 17.6 Å². The van der Waals surface area contributed by atoms with Crippen molar-refractivity contribution in [3.8, 4) is 0 Å². The molecule has 0 aliphatic carbocycles. The Labute approximate surface area is 114 Å². The van der Waals surface area contributed by atoms with Crippen molar-refractivity contribution in [1.29, 1.82) is 0 Å². The van der Waals surface area contributed by atoms with E-state index >= 15 is 0 Å². The molecule has 0 aliphatic heterocycles. The molecule has 0 bridgehead atoms. The number of benzene rings is 1. The molecule has 0 aliphatic rings. The van der Waals surface area contributed by atoms with Gasteiger partial charge in [-0.3, -0.25) is 5.43 Å². The number of hydrogen-bond donors (Lipinski definition) is 2. The fraction of sp³-hybridized carbons (Fsp3) is 0.154. The fourth-order valence-electron chi connectivity index (χ4n) is 1.54. The zero-order chi connectivity index (χ0) is 13.8. The maximum absolute atomic E-state index is 10.7. The molecule has 1 aromatic heterocycles. The minimum absolute atomic E-state index is 0.254. The third kappa shape index (κ3) is 3.17. The van der Waals surface area contributed by atoms with Crippen molar-refractivity contribution in [2.45, 2.75) is 13.8 Å². The van der Waals surface area contributed by atoms with Crippen LogP contribution in [-0.2, 0) is 0 Å². The van der Waals surface area contributed by atoms with Crippen LogP contribution in [0.5, 0.6) is 0 Å². The second kappa shape index (κ2) is 5.62. The van der Waals surface area contributed by atoms with Crippen molar-refractivity contribution in [2.75, 3.05) is 5.43 Å². The van der Waals surface area contributed by atoms with Gasteiger partial charge in [-0.1, -0.05) is 0 Å². The van der Waals surface area contributed by atoms with Crippen LogP contribution in [0.1, 0.15) is 27.9 Å². The molecule has 0 fully saturated rings. The summed E-state index contributed by atoms with van der Waals surface area (Å²) >= 11 is 1.54. The average Bonchev–Trinajstić information content (AvgIpc) is 2.83. The van der Waals surface area contributed by atoms with Crippen LogP contribution in [0.3, 0.4) is 0 Å². The van der Waals surface area contributed by atoms with E-state index in [-0.39, 0.29) is 5.56 Å². The molecule has 6 heteroatoms. The van der Waals surface area contributed by atoms with Gasteiger partial charge in [-0.2, -0.15) is 5.10 Å². The summed E-state index contributed by atoms with van der Waals surface area (Å²) in [7, 11) is 0. The molecule has 0 radical (unpaired) electrons. The van der Waals surface area contributed by atoms with Crippen molar-refractivity contribution in [2.24, 2.45) is 5.10 Å². The molecule has 1 aromatic carbocycles. The van der Waals surface area contributed by atoms with Crippen LogP contribution in [0.15, 0.2) is 34.9 Å². The molecule has 0 unspecified atom stereocenters. The van der Waals surface area contributed by atoms with Gasteiger partial charge in [-0.05, 0) is 38.1 Å². The number of aromatic nitrogens is 1. The lowest BCUT2D eigenvalue weighted by atomic mass is 10.2. The molecule has 98 valence electrons. The van der Waals surface area contributed by atoms with E-state index in [4.69, 9.17) is 5.11 Å². The first-order valence-corrected chi connectivity index (χ1v) is 6.50. The first kappa shape index (κ1) is 13.2. The predicted molar refractivity (Wildman–Crippen MR) is 76.1 cm³/mol. The van der Waals surface area contributed by atoms with Gasteiger partial charge in [0.15, 0.2) is 0 Å². The van der Waals surface area contributed by atoms with E-state index < -0.39 is 5.97 Å². The minimum Gasteiger partial charge on any atom is -0.478 e. The predicted octanol–water partition coefficient (Wildman–Crippen LogP) is 2.99. The molecule has 0 saturated carbocycles. The quantitative estimate of drug-likeness (QED) is 0.664. The molecular formula is C13H13N3O2S. The zero-order valence-corrected chi connectivity index (χ0v) is 11.4. The second-order valence-electron chi connectivity index (χ2n) is 3.96. The van der Waals surface area contributed by atoms with E-state index in [2.05, 4.69) is 15.5 Å². The maximum Gasteiger partial charge on any atom is 0.335 e. The van der Waals surface area contributed by atoms with Gasteiger partial charge < -0.3 is 5.11 Å². The van der Waals surface area contributed by atoms with Gasteiger partial charge in [0.25, 0.3) is 0 Å². The van der Waals surface area contributed by atoms with Crippen LogP contribution in [-0.4, -0.2) is 21.8 Å². The molecule has 2 rings (SSSR count). The first-order valence-electron chi connectivity index (χ1n) is 5.62. The van der Waals surface area contributed by atoms with Gasteiger partial charge in [-0.25, -0.2) is 9.78 Å². The fourth-order valence-corrected chi connectivity index (χ4v) is 2.29. The number of thiazole rings is 1. The van der Waals surface area contributed by atoms with Crippen LogP contribution in [0.4, 0.5) is 5.69 Å². The van der Waals surface area contributed by atoms with E-state index in [9.17, 15) is 4.79 Å². The largest absolute Gasteiger partial charge is 0.478 e. The molecule has 5 nitrogen and oxygen atoms in total. The summed E-state index contributed by atoms with van der Waals surface area (Å²) in [6, 6.07) is 6.43. The van der Waals surface area contributed by atoms with Gasteiger partial charge in [0.05, 0.1) is 33.0 Å². The van der Waals surface area contributed by atoms with Crippen molar-refractivity contribution in [1.82, 2.24) is 4.98 Å². The summed E-state index contributed by atoms with van der Waals surface area (Å²) in [6.07, 6.45) is 0. The van der Waals surface area contributed by atoms with Crippen molar-refractivity contribution in [3.63, 3.8) is 0 Å². The molecule has 0 spiro atoms. The number of hydrazone groups is 1. The number of rotatable bonds is 4. The summed E-state index contributed by atoms with van der Waals surface area (Å²) in [5, 5.41) is 13.1. The molecule has 2 N–H and O–H groups in total. The number of anilines is 1. The van der Waals surface area contributed by atoms with E-state index in [1.807, 2.05) is 13.8 Å². The monoisotopic (exact) mass is 275 g/mol. The lowest BCUT2D eigenvalue weighted by Crippen LogP contribution is -2.00. The summed E-state index contributed by atoms with van der Waals surface area (Å²) in [4.78, 5) is 15.9. The number of carbonyl (C=O) groups is 1. The van der Waals surface area contributed by atoms with Gasteiger partial charge in [-0.15, -0.1) is 11.3 Å². The Hall–Kier alpha value is -2.21. The normalized spacial score (nSPS) is 11.4. The Bertz CT molecular complexity index is 617. The number of carboxylic acid groups (broad SMARTS) is 1. The number of aryl methyl sites for hydroxylation is 1. The molecule has 0 amide bonds. The number of hydrogen-bond acceptors (Lipinski definition) is 5. The second-order valence-corrected chi connectivity index (χ2v) is 4.81. The van der Waals surface area contributed by atoms with Crippen molar-refractivity contribution in [3.05, 3.63) is 45.9 Å². The van der Waals surface area contributed by atoms with Gasteiger partial charge in [0.1, 0.15) is 0 Å². The molecule has 0 saturated heterocycles. The molecule has 19 heavy (non-hydrogen) atoms. The van der Waals surface area contributed by atoms with Crippen LogP contribution >= 0.6 is 11.3 Å². The molecule has 0 atom stereocenters. The number of nitrogens with one attached hydrogen (secondary N) is 1. The lowest BCUT2D eigenvalue weighted by molar-refractivity contribution is 0.0697. The van der Waals surface area contributed by atoms with Gasteiger partial charge >= 0.3 is 5.97 Å². The Balaban J connectivity index is 2.10. The van der Waals surface area contributed by atoms with Gasteiger partial charge in [0, 0.05) is 0 Å². The summed E-state index contributed by atoms with van der Waals surface area (Å²) < 4.78 is 0. The zero-order valence-electron chi connectivity index (χ0n) is 10.5. The van der Waals surface area contributed by atoms with Crippen LogP contribution in [0.25, 0.3) is 0 Å². The SMILES string of the molecule is CC(=NNc1ccc(C(=O)O)cc1)c1scnc1C. The van der Waals surface area contributed by atoms with E-state index in [0.717, 1.165) is 22.0 Å². The summed E-state index contributed by atoms with van der Waals surface area (Å²) in [5.41, 5.74) is 7.48. The highest BCUT2D eigenvalue weighted by molar-refractivity contribution is 7.12. The van der Waals surface area contributed by atoms with Crippen molar-refractivity contribution < 1.29 is 9.90 Å². The first-order chi connectivity index (χ1) is 9.08. The Morgan fingerprint density at radius 2 is 2.05 bits per heavy atom. The van der Waals surface area contributed by atoms with E-state index in [0.29, 0.717) is 0 Å². The standard InChI is InChI=1S/C13H13N3O2S/c1-8-12(19-7-14-8)9(2)15-16-11-5-3-10(4-6-11)13(17)18/h3-7,16H,1-2H3,(H,17,18). The molecular weight excluding hydrogens is 262 g/mol. The number of carboxylic acids is 1.